The lowest BCUT2D eigenvalue weighted by atomic mass is 10.1. The van der Waals surface area contributed by atoms with E-state index in [1.54, 1.807) is 24.3 Å². The van der Waals surface area contributed by atoms with Gasteiger partial charge in [0.15, 0.2) is 9.84 Å². The number of ketones is 1. The van der Waals surface area contributed by atoms with Crippen molar-refractivity contribution >= 4 is 27.4 Å². The molecular formula is C24H24N4O6S. The van der Waals surface area contributed by atoms with Crippen molar-refractivity contribution in [2.24, 2.45) is 0 Å². The van der Waals surface area contributed by atoms with Crippen LogP contribution in [-0.4, -0.2) is 59.1 Å². The Morgan fingerprint density at radius 1 is 1.09 bits per heavy atom. The molecule has 1 aliphatic carbocycles. The molecule has 11 heteroatoms. The zero-order chi connectivity index (χ0) is 25.4. The van der Waals surface area contributed by atoms with Crippen LogP contribution in [0.5, 0.6) is 0 Å². The third kappa shape index (κ3) is 4.74. The standard InChI is InChI=1S/C24H24N4O6S/c1-16(29)14-35(33,34)24(8-9-24)15-27-10-11-28-20(23(27)32)7-6-19(22(28)31)21(30)26-13-18-4-2-17(12-25)3-5-18/h2-7H,8-11,13-15H2,1H3,(H,26,30). The lowest BCUT2D eigenvalue weighted by molar-refractivity contribution is -0.114. The third-order valence-corrected chi connectivity index (χ3v) is 9.04. The van der Waals surface area contributed by atoms with Crippen LogP contribution in [0, 0.1) is 11.3 Å². The topological polar surface area (TPSA) is 146 Å². The van der Waals surface area contributed by atoms with E-state index >= 15 is 0 Å². The first-order valence-electron chi connectivity index (χ1n) is 11.1. The highest BCUT2D eigenvalue weighted by atomic mass is 32.2. The molecule has 1 fully saturated rings. The molecule has 4 rings (SSSR count). The van der Waals surface area contributed by atoms with Gasteiger partial charge >= 0.3 is 0 Å². The van der Waals surface area contributed by atoms with E-state index in [-0.39, 0.29) is 37.4 Å². The Bertz CT molecular complexity index is 1420. The monoisotopic (exact) mass is 496 g/mol. The highest BCUT2D eigenvalue weighted by molar-refractivity contribution is 7.93. The Kier molecular flexibility index (Phi) is 6.34. The average Bonchev–Trinajstić information content (AvgIpc) is 3.61. The molecule has 1 N–H and O–H groups in total. The first-order chi connectivity index (χ1) is 16.6. The highest BCUT2D eigenvalue weighted by Crippen LogP contribution is 2.45. The minimum Gasteiger partial charge on any atom is -0.348 e. The van der Waals surface area contributed by atoms with Crippen LogP contribution >= 0.6 is 0 Å². The lowest BCUT2D eigenvalue weighted by Crippen LogP contribution is -2.50. The number of hydrogen-bond donors (Lipinski definition) is 1. The number of Topliss-reactive ketones (excluding diaryl/α,β-unsaturated/α-hetero) is 1. The number of aromatic nitrogens is 1. The van der Waals surface area contributed by atoms with Crippen molar-refractivity contribution in [3.05, 3.63) is 69.1 Å². The van der Waals surface area contributed by atoms with E-state index in [9.17, 15) is 27.6 Å². The Morgan fingerprint density at radius 3 is 2.37 bits per heavy atom. The van der Waals surface area contributed by atoms with Gasteiger partial charge in [0, 0.05) is 26.2 Å². The predicted octanol–water partition coefficient (Wildman–Crippen LogP) is 0.642. The van der Waals surface area contributed by atoms with Gasteiger partial charge in [0.1, 0.15) is 22.8 Å². The van der Waals surface area contributed by atoms with E-state index in [2.05, 4.69) is 5.32 Å². The molecule has 1 saturated carbocycles. The molecule has 0 spiro atoms. The fourth-order valence-corrected chi connectivity index (χ4v) is 6.16. The summed E-state index contributed by atoms with van der Waals surface area (Å²) in [6.07, 6.45) is 0.773. The van der Waals surface area contributed by atoms with Gasteiger partial charge in [-0.15, -0.1) is 0 Å². The first-order valence-corrected chi connectivity index (χ1v) is 12.7. The Morgan fingerprint density at radius 2 is 1.77 bits per heavy atom. The van der Waals surface area contributed by atoms with Gasteiger partial charge in [0.25, 0.3) is 17.4 Å². The molecule has 2 aromatic rings. The molecule has 10 nitrogen and oxygen atoms in total. The SMILES string of the molecule is CC(=O)CS(=O)(=O)C1(CN2CCn3c(ccc(C(=O)NCc4ccc(C#N)cc4)c3=O)C2=O)CC1. The maximum Gasteiger partial charge on any atom is 0.270 e. The quantitative estimate of drug-likeness (QED) is 0.564. The smallest absolute Gasteiger partial charge is 0.270 e. The van der Waals surface area contributed by atoms with Crippen LogP contribution in [0.3, 0.4) is 0 Å². The summed E-state index contributed by atoms with van der Waals surface area (Å²) in [7, 11) is -3.69. The van der Waals surface area contributed by atoms with Crippen molar-refractivity contribution in [2.45, 2.75) is 37.6 Å². The zero-order valence-corrected chi connectivity index (χ0v) is 19.9. The molecule has 1 aliphatic heterocycles. The summed E-state index contributed by atoms with van der Waals surface area (Å²) in [6, 6.07) is 11.4. The highest BCUT2D eigenvalue weighted by Gasteiger charge is 2.56. The molecule has 2 amide bonds. The maximum absolute atomic E-state index is 13.0. The number of rotatable bonds is 8. The molecule has 182 valence electrons. The second-order valence-electron chi connectivity index (χ2n) is 8.95. The van der Waals surface area contributed by atoms with E-state index in [4.69, 9.17) is 5.26 Å². The second-order valence-corrected chi connectivity index (χ2v) is 11.3. The van der Waals surface area contributed by atoms with E-state index in [1.165, 1.54) is 28.5 Å². The summed E-state index contributed by atoms with van der Waals surface area (Å²) in [4.78, 5) is 51.4. The molecule has 35 heavy (non-hydrogen) atoms. The van der Waals surface area contributed by atoms with Crippen LogP contribution in [0.4, 0.5) is 0 Å². The summed E-state index contributed by atoms with van der Waals surface area (Å²) in [6.45, 7) is 1.61. The van der Waals surface area contributed by atoms with Crippen molar-refractivity contribution in [2.75, 3.05) is 18.8 Å². The van der Waals surface area contributed by atoms with Gasteiger partial charge in [0.05, 0.1) is 16.4 Å². The fraction of sp³-hybridized carbons (Fsp3) is 0.375. The van der Waals surface area contributed by atoms with Gasteiger partial charge in [-0.25, -0.2) is 8.42 Å². The number of nitriles is 1. The van der Waals surface area contributed by atoms with Gasteiger partial charge in [-0.3, -0.25) is 19.2 Å². The molecule has 0 bridgehead atoms. The number of carbonyl (C=O) groups is 3. The van der Waals surface area contributed by atoms with Crippen molar-refractivity contribution < 1.29 is 22.8 Å². The molecule has 0 saturated heterocycles. The van der Waals surface area contributed by atoms with Gasteiger partial charge in [-0.2, -0.15) is 5.26 Å². The van der Waals surface area contributed by atoms with Crippen LogP contribution in [-0.2, 0) is 27.7 Å². The largest absolute Gasteiger partial charge is 0.348 e. The second kappa shape index (κ2) is 9.11. The number of nitrogens with zero attached hydrogens (tertiary/aromatic N) is 3. The normalized spacial score (nSPS) is 16.2. The Balaban J connectivity index is 1.47. The maximum atomic E-state index is 13.0. The predicted molar refractivity (Wildman–Crippen MR) is 125 cm³/mol. The number of carbonyl (C=O) groups excluding carboxylic acids is 3. The number of sulfone groups is 1. The first kappa shape index (κ1) is 24.3. The van der Waals surface area contributed by atoms with Gasteiger partial charge in [-0.1, -0.05) is 12.1 Å². The summed E-state index contributed by atoms with van der Waals surface area (Å²) < 4.78 is 25.4. The average molecular weight is 497 g/mol. The molecule has 1 aromatic carbocycles. The van der Waals surface area contributed by atoms with E-state index in [0.717, 1.165) is 5.56 Å². The van der Waals surface area contributed by atoms with E-state index < -0.39 is 43.5 Å². The number of hydrogen-bond acceptors (Lipinski definition) is 7. The van der Waals surface area contributed by atoms with Crippen LogP contribution < -0.4 is 10.9 Å². The minimum absolute atomic E-state index is 0.0253. The summed E-state index contributed by atoms with van der Waals surface area (Å²) >= 11 is 0. The van der Waals surface area contributed by atoms with Crippen LogP contribution in [0.2, 0.25) is 0 Å². The van der Waals surface area contributed by atoms with Gasteiger partial charge < -0.3 is 14.8 Å². The van der Waals surface area contributed by atoms with Crippen LogP contribution in [0.1, 0.15) is 51.7 Å². The van der Waals surface area contributed by atoms with E-state index in [0.29, 0.717) is 18.4 Å². The number of amides is 2. The number of nitrogens with one attached hydrogen (secondary N) is 1. The van der Waals surface area contributed by atoms with E-state index in [1.807, 2.05) is 6.07 Å². The third-order valence-electron chi connectivity index (χ3n) is 6.39. The summed E-state index contributed by atoms with van der Waals surface area (Å²) in [5.41, 5.74) is 0.639. The summed E-state index contributed by atoms with van der Waals surface area (Å²) in [5, 5.41) is 11.5. The fourth-order valence-electron chi connectivity index (χ4n) is 4.25. The number of fused-ring (bicyclic) bond motifs is 1. The molecule has 2 heterocycles. The molecule has 0 radical (unpaired) electrons. The molecule has 0 unspecified atom stereocenters. The number of pyridine rings is 1. The lowest BCUT2D eigenvalue weighted by Gasteiger charge is -2.32. The van der Waals surface area contributed by atoms with Crippen molar-refractivity contribution in [1.29, 1.82) is 5.26 Å². The van der Waals surface area contributed by atoms with Crippen molar-refractivity contribution in [3.63, 3.8) is 0 Å². The Hall–Kier alpha value is -3.78. The van der Waals surface area contributed by atoms with Gasteiger partial charge in [-0.05, 0) is 49.6 Å². The van der Waals surface area contributed by atoms with Gasteiger partial charge in [0.2, 0.25) is 0 Å². The molecular weight excluding hydrogens is 472 g/mol. The Labute approximate surface area is 202 Å². The number of benzene rings is 1. The molecule has 2 aliphatic rings. The minimum atomic E-state index is -3.69. The van der Waals surface area contributed by atoms with Crippen molar-refractivity contribution in [1.82, 2.24) is 14.8 Å². The van der Waals surface area contributed by atoms with Crippen molar-refractivity contribution in [3.8, 4) is 6.07 Å². The summed E-state index contributed by atoms with van der Waals surface area (Å²) in [5.74, 6) is -2.06. The molecule has 1 aromatic heterocycles. The van der Waals surface area contributed by atoms with Crippen LogP contribution in [0.25, 0.3) is 0 Å². The zero-order valence-electron chi connectivity index (χ0n) is 19.1. The van der Waals surface area contributed by atoms with Crippen LogP contribution in [0.15, 0.2) is 41.2 Å². The molecule has 0 atom stereocenters.